The van der Waals surface area contributed by atoms with Crippen molar-refractivity contribution in [3.05, 3.63) is 52.5 Å². The SMILES string of the molecule is CCOC(=O)Cn1c(=O)oc2cc(S(=O)(=O)NCc3ccc4c(c3)OCO4)ccc21. The first-order chi connectivity index (χ1) is 14.4. The minimum absolute atomic E-state index is 0.0326. The van der Waals surface area contributed by atoms with Gasteiger partial charge in [-0.05, 0) is 36.8 Å². The first-order valence-corrected chi connectivity index (χ1v) is 10.5. The Hall–Kier alpha value is -3.31. The van der Waals surface area contributed by atoms with Crippen LogP contribution < -0.4 is 20.0 Å². The van der Waals surface area contributed by atoms with Crippen molar-refractivity contribution in [1.82, 2.24) is 9.29 Å². The second-order valence-electron chi connectivity index (χ2n) is 6.40. The zero-order valence-corrected chi connectivity index (χ0v) is 16.7. The van der Waals surface area contributed by atoms with Crippen LogP contribution in [0, 0.1) is 0 Å². The molecule has 1 aromatic heterocycles. The molecule has 0 atom stereocenters. The molecule has 0 aliphatic carbocycles. The summed E-state index contributed by atoms with van der Waals surface area (Å²) in [4.78, 5) is 23.6. The van der Waals surface area contributed by atoms with Gasteiger partial charge >= 0.3 is 11.7 Å². The van der Waals surface area contributed by atoms with Gasteiger partial charge in [0.1, 0.15) is 6.54 Å². The second-order valence-corrected chi connectivity index (χ2v) is 8.17. The van der Waals surface area contributed by atoms with Crippen molar-refractivity contribution in [2.24, 2.45) is 0 Å². The van der Waals surface area contributed by atoms with Gasteiger partial charge in [0.05, 0.1) is 17.0 Å². The Morgan fingerprint density at radius 3 is 2.77 bits per heavy atom. The highest BCUT2D eigenvalue weighted by Crippen LogP contribution is 2.32. The molecule has 0 saturated heterocycles. The number of benzene rings is 2. The number of nitrogens with zero attached hydrogens (tertiary/aromatic N) is 1. The molecule has 1 N–H and O–H groups in total. The summed E-state index contributed by atoms with van der Waals surface area (Å²) < 4.78 is 49.4. The van der Waals surface area contributed by atoms with Gasteiger partial charge in [0.15, 0.2) is 17.1 Å². The van der Waals surface area contributed by atoms with E-state index in [1.807, 2.05) is 0 Å². The molecular formula is C19H18N2O8S. The van der Waals surface area contributed by atoms with Crippen molar-refractivity contribution in [1.29, 1.82) is 0 Å². The van der Waals surface area contributed by atoms with E-state index in [1.54, 1.807) is 25.1 Å². The number of rotatable bonds is 7. The molecule has 10 nitrogen and oxygen atoms in total. The first kappa shape index (κ1) is 20.0. The lowest BCUT2D eigenvalue weighted by Gasteiger charge is -2.08. The van der Waals surface area contributed by atoms with Gasteiger partial charge in [0.2, 0.25) is 16.8 Å². The quantitative estimate of drug-likeness (QED) is 0.553. The monoisotopic (exact) mass is 434 g/mol. The number of carbonyl (C=O) groups excluding carboxylic acids is 1. The average Bonchev–Trinajstić information content (AvgIpc) is 3.30. The number of sulfonamides is 1. The lowest BCUT2D eigenvalue weighted by atomic mass is 10.2. The van der Waals surface area contributed by atoms with E-state index in [2.05, 4.69) is 4.72 Å². The number of aromatic nitrogens is 1. The molecule has 1 aliphatic rings. The fourth-order valence-corrected chi connectivity index (χ4v) is 4.04. The zero-order chi connectivity index (χ0) is 21.3. The van der Waals surface area contributed by atoms with E-state index >= 15 is 0 Å². The molecule has 0 fully saturated rings. The number of esters is 1. The van der Waals surface area contributed by atoms with E-state index in [4.69, 9.17) is 18.6 Å². The van der Waals surface area contributed by atoms with E-state index in [9.17, 15) is 18.0 Å². The lowest BCUT2D eigenvalue weighted by molar-refractivity contribution is -0.143. The molecule has 158 valence electrons. The van der Waals surface area contributed by atoms with Gasteiger partial charge in [-0.15, -0.1) is 0 Å². The van der Waals surface area contributed by atoms with Gasteiger partial charge in [-0.2, -0.15) is 0 Å². The Bertz CT molecular complexity index is 1280. The largest absolute Gasteiger partial charge is 0.465 e. The highest BCUT2D eigenvalue weighted by Gasteiger charge is 2.20. The molecule has 11 heteroatoms. The summed E-state index contributed by atoms with van der Waals surface area (Å²) in [6, 6.07) is 9.12. The Morgan fingerprint density at radius 1 is 1.17 bits per heavy atom. The number of carbonyl (C=O) groups is 1. The lowest BCUT2D eigenvalue weighted by Crippen LogP contribution is -2.23. The van der Waals surface area contributed by atoms with Gasteiger partial charge in [0.25, 0.3) is 0 Å². The first-order valence-electron chi connectivity index (χ1n) is 9.04. The van der Waals surface area contributed by atoms with Crippen LogP contribution >= 0.6 is 0 Å². The van der Waals surface area contributed by atoms with E-state index in [0.29, 0.717) is 22.6 Å². The molecule has 0 amide bonds. The molecule has 0 unspecified atom stereocenters. The Labute approximate surface area is 171 Å². The molecular weight excluding hydrogens is 416 g/mol. The van der Waals surface area contributed by atoms with Crippen LogP contribution in [-0.2, 0) is 32.6 Å². The Balaban J connectivity index is 1.54. The Morgan fingerprint density at radius 2 is 1.97 bits per heavy atom. The molecule has 0 bridgehead atoms. The molecule has 30 heavy (non-hydrogen) atoms. The third-order valence-corrected chi connectivity index (χ3v) is 5.84. The highest BCUT2D eigenvalue weighted by molar-refractivity contribution is 7.89. The minimum atomic E-state index is -3.88. The number of hydrogen-bond donors (Lipinski definition) is 1. The van der Waals surface area contributed by atoms with Crippen molar-refractivity contribution in [2.45, 2.75) is 24.9 Å². The minimum Gasteiger partial charge on any atom is -0.465 e. The van der Waals surface area contributed by atoms with Gasteiger partial charge in [0, 0.05) is 12.6 Å². The fourth-order valence-electron chi connectivity index (χ4n) is 3.01. The van der Waals surface area contributed by atoms with Crippen molar-refractivity contribution in [2.75, 3.05) is 13.4 Å². The average molecular weight is 434 g/mol. The number of fused-ring (bicyclic) bond motifs is 2. The van der Waals surface area contributed by atoms with Crippen molar-refractivity contribution >= 4 is 27.1 Å². The van der Waals surface area contributed by atoms with E-state index < -0.39 is 21.7 Å². The zero-order valence-electron chi connectivity index (χ0n) is 15.9. The summed E-state index contributed by atoms with van der Waals surface area (Å²) in [5, 5.41) is 0. The maximum Gasteiger partial charge on any atom is 0.420 e. The predicted molar refractivity (Wildman–Crippen MR) is 104 cm³/mol. The van der Waals surface area contributed by atoms with Crippen LogP contribution in [0.2, 0.25) is 0 Å². The molecule has 3 aromatic rings. The second kappa shape index (κ2) is 7.84. The molecule has 0 saturated carbocycles. The fraction of sp³-hybridized carbons (Fsp3) is 0.263. The van der Waals surface area contributed by atoms with Crippen molar-refractivity contribution in [3.63, 3.8) is 0 Å². The standard InChI is InChI=1S/C19H18N2O8S/c1-2-26-18(22)10-21-14-5-4-13(8-16(14)29-19(21)23)30(24,25)20-9-12-3-6-15-17(7-12)28-11-27-15/h3-8,20H,2,9-11H2,1H3. The number of nitrogens with one attached hydrogen (secondary N) is 1. The molecule has 0 radical (unpaired) electrons. The summed E-state index contributed by atoms with van der Waals surface area (Å²) in [7, 11) is -3.88. The van der Waals surface area contributed by atoms with Gasteiger partial charge in [-0.3, -0.25) is 9.36 Å². The van der Waals surface area contributed by atoms with E-state index in [0.717, 1.165) is 4.57 Å². The summed E-state index contributed by atoms with van der Waals surface area (Å²) in [5.74, 6) is -0.211. The molecule has 0 spiro atoms. The summed E-state index contributed by atoms with van der Waals surface area (Å²) in [6.45, 7) is 1.67. The summed E-state index contributed by atoms with van der Waals surface area (Å²) >= 11 is 0. The van der Waals surface area contributed by atoms with Crippen LogP contribution in [0.25, 0.3) is 11.1 Å². The van der Waals surface area contributed by atoms with Crippen LogP contribution in [0.5, 0.6) is 11.5 Å². The summed E-state index contributed by atoms with van der Waals surface area (Å²) in [5.41, 5.74) is 1.04. The summed E-state index contributed by atoms with van der Waals surface area (Å²) in [6.07, 6.45) is 0. The predicted octanol–water partition coefficient (Wildman–Crippen LogP) is 1.36. The van der Waals surface area contributed by atoms with Gasteiger partial charge in [-0.1, -0.05) is 6.07 Å². The highest BCUT2D eigenvalue weighted by atomic mass is 32.2. The maximum atomic E-state index is 12.7. The van der Waals surface area contributed by atoms with Crippen molar-refractivity contribution < 1.29 is 31.8 Å². The topological polar surface area (TPSA) is 126 Å². The molecule has 2 aromatic carbocycles. The van der Waals surface area contributed by atoms with Crippen LogP contribution in [0.1, 0.15) is 12.5 Å². The molecule has 4 rings (SSSR count). The number of ether oxygens (including phenoxy) is 3. The van der Waals surface area contributed by atoms with Crippen LogP contribution in [0.15, 0.2) is 50.5 Å². The third kappa shape index (κ3) is 3.89. The van der Waals surface area contributed by atoms with Gasteiger partial charge < -0.3 is 18.6 Å². The number of hydrogen-bond acceptors (Lipinski definition) is 8. The third-order valence-electron chi connectivity index (χ3n) is 4.45. The molecule has 1 aliphatic heterocycles. The van der Waals surface area contributed by atoms with Crippen LogP contribution in [0.4, 0.5) is 0 Å². The van der Waals surface area contributed by atoms with Crippen LogP contribution in [0.3, 0.4) is 0 Å². The molecule has 2 heterocycles. The Kier molecular flexibility index (Phi) is 5.22. The van der Waals surface area contributed by atoms with E-state index in [1.165, 1.54) is 18.2 Å². The van der Waals surface area contributed by atoms with E-state index in [-0.39, 0.29) is 37.0 Å². The van der Waals surface area contributed by atoms with Crippen LogP contribution in [-0.4, -0.2) is 32.4 Å². The van der Waals surface area contributed by atoms with Crippen molar-refractivity contribution in [3.8, 4) is 11.5 Å². The maximum absolute atomic E-state index is 12.7. The number of oxazole rings is 1. The van der Waals surface area contributed by atoms with Gasteiger partial charge in [-0.25, -0.2) is 17.9 Å². The smallest absolute Gasteiger partial charge is 0.420 e. The normalized spacial score (nSPS) is 13.0.